The first kappa shape index (κ1) is 14.9. The van der Waals surface area contributed by atoms with Gasteiger partial charge in [0.25, 0.3) is 0 Å². The van der Waals surface area contributed by atoms with Crippen LogP contribution in [0.4, 0.5) is 5.69 Å². The van der Waals surface area contributed by atoms with Crippen molar-refractivity contribution in [1.29, 1.82) is 0 Å². The molecular formula is C16H15Cl2NO. The third-order valence-electron chi connectivity index (χ3n) is 3.26. The predicted octanol–water partition coefficient (Wildman–Crippen LogP) is 4.91. The molecular weight excluding hydrogens is 293 g/mol. The maximum atomic E-state index is 12.5. The minimum absolute atomic E-state index is 0.118. The fourth-order valence-electron chi connectivity index (χ4n) is 1.84. The number of hydrogen-bond acceptors (Lipinski definition) is 1. The number of halogens is 2. The first-order chi connectivity index (χ1) is 9.41. The van der Waals surface area contributed by atoms with Gasteiger partial charge in [0.1, 0.15) is 0 Å². The van der Waals surface area contributed by atoms with Crippen LogP contribution < -0.4 is 5.32 Å². The fraction of sp³-hybridized carbons (Fsp3) is 0.188. The van der Waals surface area contributed by atoms with Crippen molar-refractivity contribution in [2.45, 2.75) is 19.3 Å². The summed E-state index contributed by atoms with van der Waals surface area (Å²) in [6.07, 6.45) is 0. The Labute approximate surface area is 128 Å². The lowest BCUT2D eigenvalue weighted by Crippen LogP contribution is -2.34. The quantitative estimate of drug-likeness (QED) is 0.857. The third-order valence-corrected chi connectivity index (χ3v) is 3.84. The van der Waals surface area contributed by atoms with Crippen LogP contribution in [-0.2, 0) is 10.2 Å². The monoisotopic (exact) mass is 307 g/mol. The Kier molecular flexibility index (Phi) is 4.36. The van der Waals surface area contributed by atoms with Crippen molar-refractivity contribution in [1.82, 2.24) is 0 Å². The normalized spacial score (nSPS) is 11.2. The molecule has 2 nitrogen and oxygen atoms in total. The van der Waals surface area contributed by atoms with Gasteiger partial charge in [-0.15, -0.1) is 0 Å². The molecule has 0 aliphatic rings. The van der Waals surface area contributed by atoms with Gasteiger partial charge in [-0.25, -0.2) is 0 Å². The summed E-state index contributed by atoms with van der Waals surface area (Å²) in [5, 5.41) is 4.03. The van der Waals surface area contributed by atoms with E-state index >= 15 is 0 Å². The van der Waals surface area contributed by atoms with E-state index in [4.69, 9.17) is 23.2 Å². The summed E-state index contributed by atoms with van der Waals surface area (Å²) in [6.45, 7) is 3.73. The maximum Gasteiger partial charge on any atom is 0.234 e. The molecule has 0 saturated heterocycles. The highest BCUT2D eigenvalue weighted by Crippen LogP contribution is 2.28. The number of benzene rings is 2. The second-order valence-electron chi connectivity index (χ2n) is 5.07. The van der Waals surface area contributed by atoms with Crippen LogP contribution in [0.2, 0.25) is 10.0 Å². The molecule has 2 rings (SSSR count). The highest BCUT2D eigenvalue weighted by Gasteiger charge is 2.30. The molecule has 0 fully saturated rings. The molecule has 0 aliphatic heterocycles. The molecule has 0 heterocycles. The molecule has 0 unspecified atom stereocenters. The van der Waals surface area contributed by atoms with Gasteiger partial charge < -0.3 is 5.32 Å². The van der Waals surface area contributed by atoms with Crippen molar-refractivity contribution in [3.63, 3.8) is 0 Å². The van der Waals surface area contributed by atoms with Gasteiger partial charge in [-0.3, -0.25) is 4.79 Å². The lowest BCUT2D eigenvalue weighted by Gasteiger charge is -2.24. The Morgan fingerprint density at radius 3 is 2.20 bits per heavy atom. The lowest BCUT2D eigenvalue weighted by atomic mass is 9.83. The van der Waals surface area contributed by atoms with E-state index in [1.807, 2.05) is 38.1 Å². The van der Waals surface area contributed by atoms with Crippen LogP contribution in [0.1, 0.15) is 19.4 Å². The summed E-state index contributed by atoms with van der Waals surface area (Å²) in [5.41, 5.74) is 0.830. The minimum Gasteiger partial charge on any atom is -0.324 e. The van der Waals surface area contributed by atoms with E-state index in [1.165, 1.54) is 0 Å². The van der Waals surface area contributed by atoms with Crippen LogP contribution in [0.3, 0.4) is 0 Å². The van der Waals surface area contributed by atoms with E-state index in [0.717, 1.165) is 5.56 Å². The molecule has 1 N–H and O–H groups in total. The number of carbonyl (C=O) groups excluding carboxylic acids is 1. The van der Waals surface area contributed by atoms with Crippen LogP contribution in [-0.4, -0.2) is 5.91 Å². The molecule has 0 saturated carbocycles. The van der Waals surface area contributed by atoms with Crippen molar-refractivity contribution < 1.29 is 4.79 Å². The standard InChI is InChI=1S/C16H15Cl2NO/c1-16(2,11-7-9-12(17)10-8-11)15(20)19-14-6-4-3-5-13(14)18/h3-10H,1-2H3,(H,19,20). The predicted molar refractivity (Wildman–Crippen MR) is 84.6 cm³/mol. The lowest BCUT2D eigenvalue weighted by molar-refractivity contribution is -0.120. The summed E-state index contributed by atoms with van der Waals surface area (Å²) < 4.78 is 0. The van der Waals surface area contributed by atoms with Crippen LogP contribution in [0, 0.1) is 0 Å². The Morgan fingerprint density at radius 1 is 1.00 bits per heavy atom. The van der Waals surface area contributed by atoms with Gasteiger partial charge in [-0.2, -0.15) is 0 Å². The molecule has 0 spiro atoms. The van der Waals surface area contributed by atoms with Gasteiger partial charge in [0.05, 0.1) is 16.1 Å². The highest BCUT2D eigenvalue weighted by molar-refractivity contribution is 6.33. The second-order valence-corrected chi connectivity index (χ2v) is 5.91. The zero-order chi connectivity index (χ0) is 14.8. The van der Waals surface area contributed by atoms with E-state index in [1.54, 1.807) is 24.3 Å². The van der Waals surface area contributed by atoms with E-state index in [9.17, 15) is 4.79 Å². The van der Waals surface area contributed by atoms with Crippen LogP contribution >= 0.6 is 23.2 Å². The number of rotatable bonds is 3. The minimum atomic E-state index is -0.677. The summed E-state index contributed by atoms with van der Waals surface area (Å²) >= 11 is 11.9. The summed E-state index contributed by atoms with van der Waals surface area (Å²) in [4.78, 5) is 12.5. The molecule has 0 radical (unpaired) electrons. The van der Waals surface area contributed by atoms with Crippen molar-refractivity contribution in [2.24, 2.45) is 0 Å². The molecule has 104 valence electrons. The van der Waals surface area contributed by atoms with Crippen LogP contribution in [0.15, 0.2) is 48.5 Å². The Balaban J connectivity index is 2.23. The van der Waals surface area contributed by atoms with Crippen LogP contribution in [0.5, 0.6) is 0 Å². The van der Waals surface area contributed by atoms with Crippen molar-refractivity contribution in [3.8, 4) is 0 Å². The molecule has 0 bridgehead atoms. The Morgan fingerprint density at radius 2 is 1.60 bits per heavy atom. The van der Waals surface area contributed by atoms with E-state index in [0.29, 0.717) is 15.7 Å². The SMILES string of the molecule is CC(C)(C(=O)Nc1ccccc1Cl)c1ccc(Cl)cc1. The molecule has 0 aliphatic carbocycles. The van der Waals surface area contributed by atoms with Crippen molar-refractivity contribution in [3.05, 3.63) is 64.1 Å². The summed E-state index contributed by atoms with van der Waals surface area (Å²) in [6, 6.07) is 14.4. The average Bonchev–Trinajstić information content (AvgIpc) is 2.41. The Bertz CT molecular complexity index is 621. The number of nitrogens with one attached hydrogen (secondary N) is 1. The van der Waals surface area contributed by atoms with Gasteiger partial charge in [-0.05, 0) is 43.7 Å². The average molecular weight is 308 g/mol. The van der Waals surface area contributed by atoms with E-state index in [-0.39, 0.29) is 5.91 Å². The molecule has 2 aromatic carbocycles. The van der Waals surface area contributed by atoms with Crippen molar-refractivity contribution in [2.75, 3.05) is 5.32 Å². The first-order valence-electron chi connectivity index (χ1n) is 6.23. The molecule has 0 aromatic heterocycles. The number of carbonyl (C=O) groups is 1. The molecule has 4 heteroatoms. The molecule has 2 aromatic rings. The van der Waals surface area contributed by atoms with E-state index in [2.05, 4.69) is 5.32 Å². The second kappa shape index (κ2) is 5.86. The van der Waals surface area contributed by atoms with E-state index < -0.39 is 5.41 Å². The highest BCUT2D eigenvalue weighted by atomic mass is 35.5. The van der Waals surface area contributed by atoms with Gasteiger partial charge in [0.15, 0.2) is 0 Å². The molecule has 20 heavy (non-hydrogen) atoms. The van der Waals surface area contributed by atoms with Crippen molar-refractivity contribution >= 4 is 34.8 Å². The van der Waals surface area contributed by atoms with Gasteiger partial charge in [0, 0.05) is 5.02 Å². The molecule has 0 atom stereocenters. The Hall–Kier alpha value is -1.51. The fourth-order valence-corrected chi connectivity index (χ4v) is 2.15. The van der Waals surface area contributed by atoms with Crippen LogP contribution in [0.25, 0.3) is 0 Å². The zero-order valence-electron chi connectivity index (χ0n) is 11.3. The topological polar surface area (TPSA) is 29.1 Å². The maximum absolute atomic E-state index is 12.5. The van der Waals surface area contributed by atoms with Gasteiger partial charge in [0.2, 0.25) is 5.91 Å². The smallest absolute Gasteiger partial charge is 0.234 e. The number of para-hydroxylation sites is 1. The summed E-state index contributed by atoms with van der Waals surface area (Å²) in [7, 11) is 0. The molecule has 1 amide bonds. The summed E-state index contributed by atoms with van der Waals surface area (Å²) in [5.74, 6) is -0.118. The van der Waals surface area contributed by atoms with Gasteiger partial charge in [-0.1, -0.05) is 47.5 Å². The number of amides is 1. The number of hydrogen-bond donors (Lipinski definition) is 1. The number of anilines is 1. The zero-order valence-corrected chi connectivity index (χ0v) is 12.8. The first-order valence-corrected chi connectivity index (χ1v) is 6.99. The third kappa shape index (κ3) is 3.14. The van der Waals surface area contributed by atoms with Gasteiger partial charge >= 0.3 is 0 Å². The largest absolute Gasteiger partial charge is 0.324 e.